The maximum Gasteiger partial charge on any atom is 0.417 e. The number of hydrogen-bond acceptors (Lipinski definition) is 2. The monoisotopic (exact) mass is 245 g/mol. The molecule has 0 aliphatic heterocycles. The molecule has 92 valence electrons. The molecule has 1 heterocycles. The molecular weight excluding hydrogens is 235 g/mol. The molecule has 6 heteroatoms. The Morgan fingerprint density at radius 3 is 2.53 bits per heavy atom. The number of benzene rings is 1. The number of H-pyrrole nitrogens is 1. The van der Waals surface area contributed by atoms with Crippen LogP contribution in [-0.2, 0) is 12.8 Å². The maximum atomic E-state index is 12.8. The fourth-order valence-electron chi connectivity index (χ4n) is 1.71. The molecule has 1 aromatic heterocycles. The fraction of sp³-hybridized carbons (Fsp3) is 0.273. The molecule has 0 spiro atoms. The lowest BCUT2D eigenvalue weighted by Crippen LogP contribution is -2.05. The van der Waals surface area contributed by atoms with Gasteiger partial charge in [0, 0.05) is 22.7 Å². The third kappa shape index (κ3) is 2.08. The number of alkyl halides is 3. The summed E-state index contributed by atoms with van der Waals surface area (Å²) in [5, 5.41) is 8.95. The Bertz CT molecular complexity index is 545. The van der Waals surface area contributed by atoms with Crippen molar-refractivity contribution in [1.82, 2.24) is 4.98 Å². The lowest BCUT2D eigenvalue weighted by molar-refractivity contribution is -0.136. The average Bonchev–Trinajstić information content (AvgIpc) is 2.68. The first-order valence-corrected chi connectivity index (χ1v) is 4.83. The Hall–Kier alpha value is -1.69. The molecule has 0 radical (unpaired) electrons. The van der Waals surface area contributed by atoms with E-state index in [1.54, 1.807) is 0 Å². The molecular formula is C11H10F3NO2. The van der Waals surface area contributed by atoms with Crippen LogP contribution in [-0.4, -0.2) is 17.2 Å². The minimum Gasteiger partial charge on any atom is -0.497 e. The fourth-order valence-corrected chi connectivity index (χ4v) is 1.71. The summed E-state index contributed by atoms with van der Waals surface area (Å²) in [5.41, 5.74) is -0.151. The lowest BCUT2D eigenvalue weighted by atomic mass is 10.1. The third-order valence-corrected chi connectivity index (χ3v) is 2.48. The Balaban J connectivity index is 2.74. The number of fused-ring (bicyclic) bond motifs is 1. The van der Waals surface area contributed by atoms with Crippen molar-refractivity contribution >= 4 is 10.9 Å². The highest BCUT2D eigenvalue weighted by atomic mass is 19.4. The van der Waals surface area contributed by atoms with E-state index in [-0.39, 0.29) is 17.7 Å². The van der Waals surface area contributed by atoms with E-state index in [2.05, 4.69) is 4.98 Å². The van der Waals surface area contributed by atoms with Crippen molar-refractivity contribution in [2.75, 3.05) is 7.11 Å². The van der Waals surface area contributed by atoms with Gasteiger partial charge >= 0.3 is 6.18 Å². The van der Waals surface area contributed by atoms with Gasteiger partial charge in [0.05, 0.1) is 19.3 Å². The molecule has 0 unspecified atom stereocenters. The summed E-state index contributed by atoms with van der Waals surface area (Å²) in [6.07, 6.45) is -4.46. The summed E-state index contributed by atoms with van der Waals surface area (Å²) in [5.74, 6) is 0.121. The standard InChI is InChI=1S/C11H10F3NO2/c1-17-7-3-9(11(12,13)14)8-2-6(5-16)15-10(8)4-7/h2-4,15-16H,5H2,1H3. The van der Waals surface area contributed by atoms with Crippen molar-refractivity contribution in [3.8, 4) is 5.75 Å². The zero-order valence-electron chi connectivity index (χ0n) is 8.93. The second-order valence-electron chi connectivity index (χ2n) is 3.59. The highest BCUT2D eigenvalue weighted by Gasteiger charge is 2.33. The Kier molecular flexibility index (Phi) is 2.74. The molecule has 0 atom stereocenters. The normalized spacial score (nSPS) is 12.1. The quantitative estimate of drug-likeness (QED) is 0.854. The van der Waals surface area contributed by atoms with Crippen LogP contribution in [0.15, 0.2) is 18.2 Å². The zero-order valence-corrected chi connectivity index (χ0v) is 8.93. The average molecular weight is 245 g/mol. The van der Waals surface area contributed by atoms with Crippen molar-refractivity contribution in [2.45, 2.75) is 12.8 Å². The summed E-state index contributed by atoms with van der Waals surface area (Å²) < 4.78 is 43.3. The molecule has 1 aromatic carbocycles. The number of hydrogen-bond donors (Lipinski definition) is 2. The molecule has 2 aromatic rings. The van der Waals surface area contributed by atoms with Gasteiger partial charge in [0.1, 0.15) is 5.75 Å². The van der Waals surface area contributed by atoms with Crippen LogP contribution in [0.25, 0.3) is 10.9 Å². The smallest absolute Gasteiger partial charge is 0.417 e. The Morgan fingerprint density at radius 1 is 1.29 bits per heavy atom. The number of rotatable bonds is 2. The summed E-state index contributed by atoms with van der Waals surface area (Å²) in [7, 11) is 1.30. The van der Waals surface area contributed by atoms with Gasteiger partial charge in [-0.3, -0.25) is 0 Å². The first-order chi connectivity index (χ1) is 7.95. The van der Waals surface area contributed by atoms with Gasteiger partial charge in [-0.05, 0) is 12.1 Å². The second kappa shape index (κ2) is 3.96. The van der Waals surface area contributed by atoms with Crippen molar-refractivity contribution in [3.05, 3.63) is 29.5 Å². The minimum atomic E-state index is -4.46. The predicted octanol–water partition coefficient (Wildman–Crippen LogP) is 2.69. The highest BCUT2D eigenvalue weighted by Crippen LogP contribution is 2.37. The summed E-state index contributed by atoms with van der Waals surface area (Å²) in [6.45, 7) is -0.339. The molecule has 0 aliphatic carbocycles. The van der Waals surface area contributed by atoms with Gasteiger partial charge in [-0.25, -0.2) is 0 Å². The number of aliphatic hydroxyl groups is 1. The molecule has 2 rings (SSSR count). The second-order valence-corrected chi connectivity index (χ2v) is 3.59. The van der Waals surface area contributed by atoms with Crippen molar-refractivity contribution < 1.29 is 23.0 Å². The van der Waals surface area contributed by atoms with Crippen LogP contribution in [0.1, 0.15) is 11.3 Å². The van der Waals surface area contributed by atoms with E-state index < -0.39 is 11.7 Å². The number of ether oxygens (including phenoxy) is 1. The van der Waals surface area contributed by atoms with Crippen molar-refractivity contribution in [3.63, 3.8) is 0 Å². The van der Waals surface area contributed by atoms with Gasteiger partial charge in [-0.1, -0.05) is 0 Å². The van der Waals surface area contributed by atoms with E-state index in [0.29, 0.717) is 11.2 Å². The lowest BCUT2D eigenvalue weighted by Gasteiger charge is -2.10. The van der Waals surface area contributed by atoms with Crippen LogP contribution in [0, 0.1) is 0 Å². The number of nitrogens with one attached hydrogen (secondary N) is 1. The molecule has 2 N–H and O–H groups in total. The predicted molar refractivity (Wildman–Crippen MR) is 55.8 cm³/mol. The molecule has 17 heavy (non-hydrogen) atoms. The number of aromatic amines is 1. The van der Waals surface area contributed by atoms with Crippen molar-refractivity contribution in [1.29, 1.82) is 0 Å². The van der Waals surface area contributed by atoms with Gasteiger partial charge in [0.25, 0.3) is 0 Å². The van der Waals surface area contributed by atoms with Crippen LogP contribution < -0.4 is 4.74 Å². The topological polar surface area (TPSA) is 45.2 Å². The van der Waals surface area contributed by atoms with Crippen LogP contribution >= 0.6 is 0 Å². The number of aromatic nitrogens is 1. The summed E-state index contributed by atoms with van der Waals surface area (Å²) in [4.78, 5) is 2.70. The van der Waals surface area contributed by atoms with E-state index in [9.17, 15) is 13.2 Å². The molecule has 0 saturated heterocycles. The molecule has 0 bridgehead atoms. The van der Waals surface area contributed by atoms with Gasteiger partial charge in [-0.2, -0.15) is 13.2 Å². The van der Waals surface area contributed by atoms with Crippen LogP contribution in [0.5, 0.6) is 5.75 Å². The highest BCUT2D eigenvalue weighted by molar-refractivity contribution is 5.86. The SMILES string of the molecule is COc1cc(C(F)(F)F)c2cc(CO)[nH]c2c1. The number of aliphatic hydroxyl groups excluding tert-OH is 1. The molecule has 0 aliphatic rings. The van der Waals surface area contributed by atoms with Gasteiger partial charge in [0.2, 0.25) is 0 Å². The van der Waals surface area contributed by atoms with E-state index in [4.69, 9.17) is 9.84 Å². The number of halogens is 3. The first kappa shape index (κ1) is 11.8. The van der Waals surface area contributed by atoms with Crippen LogP contribution in [0.3, 0.4) is 0 Å². The van der Waals surface area contributed by atoms with E-state index in [0.717, 1.165) is 6.07 Å². The van der Waals surface area contributed by atoms with Gasteiger partial charge in [0.15, 0.2) is 0 Å². The summed E-state index contributed by atoms with van der Waals surface area (Å²) in [6, 6.07) is 3.69. The van der Waals surface area contributed by atoms with Gasteiger partial charge < -0.3 is 14.8 Å². The van der Waals surface area contributed by atoms with E-state index in [1.165, 1.54) is 19.2 Å². The molecule has 0 saturated carbocycles. The Morgan fingerprint density at radius 2 is 2.00 bits per heavy atom. The summed E-state index contributed by atoms with van der Waals surface area (Å²) >= 11 is 0. The van der Waals surface area contributed by atoms with Crippen LogP contribution in [0.4, 0.5) is 13.2 Å². The maximum absolute atomic E-state index is 12.8. The van der Waals surface area contributed by atoms with Crippen LogP contribution in [0.2, 0.25) is 0 Å². The van der Waals surface area contributed by atoms with E-state index in [1.807, 2.05) is 0 Å². The van der Waals surface area contributed by atoms with E-state index >= 15 is 0 Å². The largest absolute Gasteiger partial charge is 0.497 e. The molecule has 3 nitrogen and oxygen atoms in total. The molecule has 0 amide bonds. The van der Waals surface area contributed by atoms with Gasteiger partial charge in [-0.15, -0.1) is 0 Å². The molecule has 0 fully saturated rings. The number of methoxy groups -OCH3 is 1. The first-order valence-electron chi connectivity index (χ1n) is 4.83. The minimum absolute atomic E-state index is 0.0300. The third-order valence-electron chi connectivity index (χ3n) is 2.48. The Labute approximate surface area is 94.8 Å². The van der Waals surface area contributed by atoms with Crippen molar-refractivity contribution in [2.24, 2.45) is 0 Å². The zero-order chi connectivity index (χ0) is 12.6.